The zero-order chi connectivity index (χ0) is 17.9. The van der Waals surface area contributed by atoms with Gasteiger partial charge in [-0.1, -0.05) is 29.8 Å². The maximum Gasteiger partial charge on any atom is 0.0484 e. The first-order valence-electron chi connectivity index (χ1n) is 8.60. The Morgan fingerprint density at radius 2 is 1.96 bits per heavy atom. The third-order valence-corrected chi connectivity index (χ3v) is 5.65. The lowest BCUT2D eigenvalue weighted by Gasteiger charge is -2.08. The second-order valence-corrected chi connectivity index (χ2v) is 7.54. The molecule has 26 heavy (non-hydrogen) atoms. The van der Waals surface area contributed by atoms with Crippen molar-refractivity contribution in [3.05, 3.63) is 71.4 Å². The van der Waals surface area contributed by atoms with Crippen LogP contribution in [0.4, 0.5) is 5.69 Å². The zero-order valence-electron chi connectivity index (χ0n) is 14.5. The van der Waals surface area contributed by atoms with E-state index in [0.717, 1.165) is 39.3 Å². The van der Waals surface area contributed by atoms with Crippen LogP contribution in [0.25, 0.3) is 21.7 Å². The van der Waals surface area contributed by atoms with E-state index in [0.29, 0.717) is 0 Å². The monoisotopic (exact) mass is 381 g/mol. The second-order valence-electron chi connectivity index (χ2n) is 6.25. The van der Waals surface area contributed by atoms with Gasteiger partial charge in [0.1, 0.15) is 0 Å². The molecule has 132 valence electrons. The van der Waals surface area contributed by atoms with Crippen LogP contribution in [-0.2, 0) is 6.42 Å². The van der Waals surface area contributed by atoms with Gasteiger partial charge in [-0.15, -0.1) is 0 Å². The number of likely N-dealkylation sites (N-methyl/N-ethyl adjacent to an activating group) is 1. The zero-order valence-corrected chi connectivity index (χ0v) is 16.0. The Hall–Kier alpha value is -2.14. The van der Waals surface area contributed by atoms with E-state index < -0.39 is 0 Å². The van der Waals surface area contributed by atoms with Crippen LogP contribution in [0.15, 0.2) is 65.7 Å². The van der Waals surface area contributed by atoms with E-state index >= 15 is 0 Å². The number of aromatic amines is 1. The normalized spacial score (nSPS) is 11.3. The summed E-state index contributed by atoms with van der Waals surface area (Å²) in [5, 5.41) is 7.51. The fourth-order valence-electron chi connectivity index (χ4n) is 3.11. The summed E-state index contributed by atoms with van der Waals surface area (Å²) in [4.78, 5) is 4.51. The molecule has 0 atom stereocenters. The molecule has 4 aromatic rings. The highest BCUT2D eigenvalue weighted by molar-refractivity contribution is 8.00. The van der Waals surface area contributed by atoms with E-state index in [-0.39, 0.29) is 0 Å². The SMILES string of the molecule is CNCCc1c[nH]c2ccc(NSc3ccc4c(Cl)cccc4c3)cc12. The van der Waals surface area contributed by atoms with Crippen LogP contribution in [0.2, 0.25) is 5.02 Å². The summed E-state index contributed by atoms with van der Waals surface area (Å²) in [6.45, 7) is 0.971. The first-order valence-corrected chi connectivity index (χ1v) is 9.80. The topological polar surface area (TPSA) is 39.9 Å². The van der Waals surface area contributed by atoms with Crippen molar-refractivity contribution < 1.29 is 0 Å². The van der Waals surface area contributed by atoms with Crippen molar-refractivity contribution in [1.29, 1.82) is 0 Å². The van der Waals surface area contributed by atoms with Crippen molar-refractivity contribution in [3.63, 3.8) is 0 Å². The predicted molar refractivity (Wildman–Crippen MR) is 114 cm³/mol. The van der Waals surface area contributed by atoms with Gasteiger partial charge in [0.15, 0.2) is 0 Å². The molecular formula is C21H20ClN3S. The van der Waals surface area contributed by atoms with Gasteiger partial charge < -0.3 is 15.0 Å². The first-order chi connectivity index (χ1) is 12.7. The van der Waals surface area contributed by atoms with E-state index in [1.807, 2.05) is 19.2 Å². The fourth-order valence-corrected chi connectivity index (χ4v) is 4.04. The van der Waals surface area contributed by atoms with Crippen LogP contribution < -0.4 is 10.0 Å². The van der Waals surface area contributed by atoms with Crippen molar-refractivity contribution in [3.8, 4) is 0 Å². The average molecular weight is 382 g/mol. The molecule has 0 spiro atoms. The second kappa shape index (κ2) is 7.62. The number of aromatic nitrogens is 1. The first kappa shape index (κ1) is 17.3. The number of anilines is 1. The van der Waals surface area contributed by atoms with Gasteiger partial charge in [0.25, 0.3) is 0 Å². The molecule has 0 unspecified atom stereocenters. The molecule has 3 N–H and O–H groups in total. The molecule has 0 aliphatic carbocycles. The van der Waals surface area contributed by atoms with E-state index in [2.05, 4.69) is 63.7 Å². The summed E-state index contributed by atoms with van der Waals surface area (Å²) in [5.41, 5.74) is 3.61. The molecule has 0 bridgehead atoms. The molecule has 0 fully saturated rings. The standard InChI is InChI=1S/C21H20ClN3S/c1-23-10-9-15-13-24-21-8-5-16(12-19(15)21)25-26-17-6-7-18-14(11-17)3-2-4-20(18)22/h2-8,11-13,23-25H,9-10H2,1H3. The summed E-state index contributed by atoms with van der Waals surface area (Å²) in [5.74, 6) is 0. The number of benzene rings is 3. The van der Waals surface area contributed by atoms with Gasteiger partial charge in [-0.25, -0.2) is 0 Å². The minimum Gasteiger partial charge on any atom is -0.361 e. The van der Waals surface area contributed by atoms with Gasteiger partial charge >= 0.3 is 0 Å². The highest BCUT2D eigenvalue weighted by Crippen LogP contribution is 2.30. The summed E-state index contributed by atoms with van der Waals surface area (Å²) in [6, 6.07) is 18.8. The summed E-state index contributed by atoms with van der Waals surface area (Å²) in [6.07, 6.45) is 3.12. The summed E-state index contributed by atoms with van der Waals surface area (Å²) in [7, 11) is 1.98. The van der Waals surface area contributed by atoms with Crippen LogP contribution >= 0.6 is 23.5 Å². The number of halogens is 1. The Labute approximate surface area is 162 Å². The van der Waals surface area contributed by atoms with Crippen molar-refractivity contribution >= 4 is 50.9 Å². The van der Waals surface area contributed by atoms with E-state index in [1.54, 1.807) is 11.9 Å². The number of hydrogen-bond donors (Lipinski definition) is 3. The van der Waals surface area contributed by atoms with Crippen LogP contribution in [0.1, 0.15) is 5.56 Å². The third kappa shape index (κ3) is 3.54. The van der Waals surface area contributed by atoms with Crippen molar-refractivity contribution in [2.75, 3.05) is 18.3 Å². The Morgan fingerprint density at radius 1 is 1.04 bits per heavy atom. The molecule has 3 nitrogen and oxygen atoms in total. The molecule has 0 aliphatic rings. The Kier molecular flexibility index (Phi) is 5.07. The molecule has 1 aromatic heterocycles. The Morgan fingerprint density at radius 3 is 2.85 bits per heavy atom. The van der Waals surface area contributed by atoms with Crippen molar-refractivity contribution in [2.45, 2.75) is 11.3 Å². The average Bonchev–Trinajstić information content (AvgIpc) is 3.07. The maximum atomic E-state index is 6.25. The quantitative estimate of drug-likeness (QED) is 0.366. The van der Waals surface area contributed by atoms with E-state index in [1.165, 1.54) is 16.5 Å². The number of rotatable bonds is 6. The third-order valence-electron chi connectivity index (χ3n) is 4.50. The van der Waals surface area contributed by atoms with Gasteiger partial charge in [-0.3, -0.25) is 0 Å². The molecule has 3 aromatic carbocycles. The minimum atomic E-state index is 0.791. The van der Waals surface area contributed by atoms with Gasteiger partial charge in [0.05, 0.1) is 0 Å². The summed E-state index contributed by atoms with van der Waals surface area (Å²) >= 11 is 7.86. The molecule has 1 heterocycles. The number of H-pyrrole nitrogens is 1. The van der Waals surface area contributed by atoms with E-state index in [9.17, 15) is 0 Å². The number of hydrogen-bond acceptors (Lipinski definition) is 3. The molecule has 4 rings (SSSR count). The van der Waals surface area contributed by atoms with Crippen molar-refractivity contribution in [2.24, 2.45) is 0 Å². The van der Waals surface area contributed by atoms with E-state index in [4.69, 9.17) is 11.6 Å². The van der Waals surface area contributed by atoms with Gasteiger partial charge in [0, 0.05) is 38.1 Å². The lowest BCUT2D eigenvalue weighted by molar-refractivity contribution is 0.795. The van der Waals surface area contributed by atoms with Crippen LogP contribution in [-0.4, -0.2) is 18.6 Å². The van der Waals surface area contributed by atoms with Gasteiger partial charge in [-0.2, -0.15) is 0 Å². The Bertz CT molecular complexity index is 1060. The van der Waals surface area contributed by atoms with Crippen LogP contribution in [0.5, 0.6) is 0 Å². The smallest absolute Gasteiger partial charge is 0.0484 e. The molecule has 0 radical (unpaired) electrons. The lowest BCUT2D eigenvalue weighted by Crippen LogP contribution is -2.09. The maximum absolute atomic E-state index is 6.25. The summed E-state index contributed by atoms with van der Waals surface area (Å²) < 4.78 is 3.46. The number of fused-ring (bicyclic) bond motifs is 2. The predicted octanol–water partition coefficient (Wildman–Crippen LogP) is 5.86. The minimum absolute atomic E-state index is 0.791. The largest absolute Gasteiger partial charge is 0.361 e. The fraction of sp³-hybridized carbons (Fsp3) is 0.143. The van der Waals surface area contributed by atoms with Crippen LogP contribution in [0.3, 0.4) is 0 Å². The molecular weight excluding hydrogens is 362 g/mol. The molecule has 0 aliphatic heterocycles. The molecule has 5 heteroatoms. The van der Waals surface area contributed by atoms with Gasteiger partial charge in [-0.05, 0) is 79.3 Å². The van der Waals surface area contributed by atoms with Crippen molar-refractivity contribution in [1.82, 2.24) is 10.3 Å². The lowest BCUT2D eigenvalue weighted by atomic mass is 10.1. The number of nitrogens with one attached hydrogen (secondary N) is 3. The van der Waals surface area contributed by atoms with Gasteiger partial charge in [0.2, 0.25) is 0 Å². The molecule has 0 saturated heterocycles. The molecule has 0 amide bonds. The highest BCUT2D eigenvalue weighted by atomic mass is 35.5. The molecule has 0 saturated carbocycles. The highest BCUT2D eigenvalue weighted by Gasteiger charge is 2.05. The Balaban J connectivity index is 1.54. The van der Waals surface area contributed by atoms with Crippen LogP contribution in [0, 0.1) is 0 Å².